The lowest BCUT2D eigenvalue weighted by molar-refractivity contribution is -0.289. The van der Waals surface area contributed by atoms with Gasteiger partial charge >= 0.3 is 0 Å². The van der Waals surface area contributed by atoms with Crippen molar-refractivity contribution in [3.05, 3.63) is 48.6 Å². The van der Waals surface area contributed by atoms with Gasteiger partial charge in [-0.05, 0) is 64.2 Å². The number of rotatable bonds is 7. The van der Waals surface area contributed by atoms with Gasteiger partial charge in [-0.2, -0.15) is 0 Å². The zero-order valence-corrected chi connectivity index (χ0v) is 19.2. The van der Waals surface area contributed by atoms with E-state index in [0.29, 0.717) is 11.8 Å². The summed E-state index contributed by atoms with van der Waals surface area (Å²) in [6.45, 7) is 18.5. The maximum absolute atomic E-state index is 10.1. The van der Waals surface area contributed by atoms with E-state index in [1.807, 2.05) is 26.0 Å². The van der Waals surface area contributed by atoms with E-state index in [9.17, 15) is 15.3 Å². The van der Waals surface area contributed by atoms with Gasteiger partial charge in [0.1, 0.15) is 18.3 Å². The van der Waals surface area contributed by atoms with E-state index in [1.54, 1.807) is 0 Å². The molecule has 0 amide bonds. The minimum atomic E-state index is -1.29. The molecule has 30 heavy (non-hydrogen) atoms. The molecule has 0 bridgehead atoms. The number of allylic oxidation sites excluding steroid dienone is 5. The predicted molar refractivity (Wildman–Crippen MR) is 120 cm³/mol. The monoisotopic (exact) mass is 420 g/mol. The number of hydrogen-bond acceptors (Lipinski definition) is 5. The molecule has 5 nitrogen and oxygen atoms in total. The summed E-state index contributed by atoms with van der Waals surface area (Å²) in [6.07, 6.45) is 6.76. The molecule has 0 aromatic carbocycles. The standard InChI is InChI=1S/C25H40O5/c1-8-25(7)13-11-18(14-19(25)16(2)3)17(4)10-9-12-24(5,6)30-23-22(28)21(27)20(26)15-29-23/h8-10,12,18-23,26-28H,1-2,11,13-15H2,3-7H3/b12-9+,17-10-/t18?,19?,20-,21-,22+,23-,25?/m1/s1. The Labute approximate surface area is 181 Å². The predicted octanol–water partition coefficient (Wildman–Crippen LogP) is 3.91. The Kier molecular flexibility index (Phi) is 8.28. The molecule has 5 heteroatoms. The molecule has 1 heterocycles. The molecule has 0 aromatic heterocycles. The van der Waals surface area contributed by atoms with Crippen LogP contribution in [0.2, 0.25) is 0 Å². The lowest BCUT2D eigenvalue weighted by atomic mass is 9.61. The second-order valence-corrected chi connectivity index (χ2v) is 9.82. The Morgan fingerprint density at radius 3 is 2.47 bits per heavy atom. The first-order valence-corrected chi connectivity index (χ1v) is 10.9. The van der Waals surface area contributed by atoms with Crippen molar-refractivity contribution in [3.63, 3.8) is 0 Å². The third-order valence-electron chi connectivity index (χ3n) is 6.78. The lowest BCUT2D eigenvalue weighted by Crippen LogP contribution is -2.55. The van der Waals surface area contributed by atoms with E-state index in [0.717, 1.165) is 19.3 Å². The summed E-state index contributed by atoms with van der Waals surface area (Å²) in [5.41, 5.74) is 1.96. The second-order valence-electron chi connectivity index (χ2n) is 9.82. The van der Waals surface area contributed by atoms with Crippen molar-refractivity contribution in [2.24, 2.45) is 17.3 Å². The van der Waals surface area contributed by atoms with Crippen LogP contribution in [0.15, 0.2) is 48.6 Å². The van der Waals surface area contributed by atoms with Gasteiger partial charge in [-0.1, -0.05) is 49.0 Å². The molecule has 7 atom stereocenters. The van der Waals surface area contributed by atoms with Crippen LogP contribution in [0.25, 0.3) is 0 Å². The summed E-state index contributed by atoms with van der Waals surface area (Å²) in [5, 5.41) is 29.5. The molecule has 3 unspecified atom stereocenters. The van der Waals surface area contributed by atoms with Gasteiger partial charge in [0.15, 0.2) is 6.29 Å². The fourth-order valence-corrected chi connectivity index (χ4v) is 4.54. The average Bonchev–Trinajstić information content (AvgIpc) is 2.68. The molecule has 0 spiro atoms. The van der Waals surface area contributed by atoms with Gasteiger partial charge in [-0.25, -0.2) is 0 Å². The zero-order valence-electron chi connectivity index (χ0n) is 19.2. The third kappa shape index (κ3) is 5.92. The third-order valence-corrected chi connectivity index (χ3v) is 6.78. The van der Waals surface area contributed by atoms with Crippen LogP contribution in [0.3, 0.4) is 0 Å². The molecular weight excluding hydrogens is 380 g/mol. The maximum Gasteiger partial charge on any atom is 0.187 e. The first kappa shape index (κ1) is 25.0. The molecular formula is C25H40O5. The maximum atomic E-state index is 10.1. The van der Waals surface area contributed by atoms with Gasteiger partial charge < -0.3 is 24.8 Å². The number of ether oxygens (including phenoxy) is 2. The van der Waals surface area contributed by atoms with E-state index in [1.165, 1.54) is 11.1 Å². The van der Waals surface area contributed by atoms with Gasteiger partial charge in [-0.15, -0.1) is 6.58 Å². The van der Waals surface area contributed by atoms with Crippen molar-refractivity contribution in [2.45, 2.75) is 84.1 Å². The normalized spacial score (nSPS) is 38.6. The van der Waals surface area contributed by atoms with Crippen molar-refractivity contribution < 1.29 is 24.8 Å². The van der Waals surface area contributed by atoms with Crippen LogP contribution in [-0.4, -0.2) is 52.1 Å². The molecule has 3 N–H and O–H groups in total. The fourth-order valence-electron chi connectivity index (χ4n) is 4.54. The van der Waals surface area contributed by atoms with Crippen LogP contribution < -0.4 is 0 Å². The van der Waals surface area contributed by atoms with Crippen LogP contribution >= 0.6 is 0 Å². The highest BCUT2D eigenvalue weighted by Gasteiger charge is 2.40. The van der Waals surface area contributed by atoms with Crippen LogP contribution in [-0.2, 0) is 9.47 Å². The number of aliphatic hydroxyl groups is 3. The molecule has 170 valence electrons. The molecule has 0 radical (unpaired) electrons. The van der Waals surface area contributed by atoms with E-state index in [2.05, 4.69) is 46.1 Å². The Balaban J connectivity index is 2.00. The summed E-state index contributed by atoms with van der Waals surface area (Å²) >= 11 is 0. The van der Waals surface area contributed by atoms with Crippen LogP contribution in [0.4, 0.5) is 0 Å². The highest BCUT2D eigenvalue weighted by molar-refractivity contribution is 5.20. The minimum Gasteiger partial charge on any atom is -0.388 e. The van der Waals surface area contributed by atoms with Crippen LogP contribution in [0.5, 0.6) is 0 Å². The van der Waals surface area contributed by atoms with Crippen molar-refractivity contribution in [2.75, 3.05) is 6.61 Å². The number of aliphatic hydroxyl groups excluding tert-OH is 3. The quantitative estimate of drug-likeness (QED) is 0.430. The highest BCUT2D eigenvalue weighted by atomic mass is 16.7. The molecule has 2 fully saturated rings. The zero-order chi connectivity index (χ0) is 22.7. The molecule has 1 saturated carbocycles. The minimum absolute atomic E-state index is 0.0725. The summed E-state index contributed by atoms with van der Waals surface area (Å²) < 4.78 is 11.2. The fraction of sp³-hybridized carbons (Fsp3) is 0.680. The number of hydrogen-bond donors (Lipinski definition) is 3. The van der Waals surface area contributed by atoms with Crippen LogP contribution in [0, 0.1) is 17.3 Å². The summed E-state index contributed by atoms with van der Waals surface area (Å²) in [6, 6.07) is 0. The Hall–Kier alpha value is -1.24. The topological polar surface area (TPSA) is 79.2 Å². The lowest BCUT2D eigenvalue weighted by Gasteiger charge is -2.43. The van der Waals surface area contributed by atoms with Crippen molar-refractivity contribution >= 4 is 0 Å². The van der Waals surface area contributed by atoms with Gasteiger partial charge in [0.25, 0.3) is 0 Å². The first-order chi connectivity index (χ1) is 13.9. The van der Waals surface area contributed by atoms with Crippen LogP contribution in [0.1, 0.15) is 53.9 Å². The molecule has 2 rings (SSSR count). The molecule has 1 saturated heterocycles. The summed E-state index contributed by atoms with van der Waals surface area (Å²) in [7, 11) is 0. The Morgan fingerprint density at radius 2 is 1.87 bits per heavy atom. The van der Waals surface area contributed by atoms with Gasteiger partial charge in [0.2, 0.25) is 0 Å². The highest BCUT2D eigenvalue weighted by Crippen LogP contribution is 2.48. The van der Waals surface area contributed by atoms with Crippen molar-refractivity contribution in [3.8, 4) is 0 Å². The largest absolute Gasteiger partial charge is 0.388 e. The van der Waals surface area contributed by atoms with Crippen molar-refractivity contribution in [1.29, 1.82) is 0 Å². The van der Waals surface area contributed by atoms with E-state index in [-0.39, 0.29) is 12.0 Å². The van der Waals surface area contributed by atoms with E-state index < -0.39 is 30.2 Å². The van der Waals surface area contributed by atoms with Gasteiger partial charge in [0, 0.05) is 0 Å². The molecule has 2 aliphatic rings. The molecule has 0 aromatic rings. The first-order valence-electron chi connectivity index (χ1n) is 10.9. The van der Waals surface area contributed by atoms with Gasteiger partial charge in [-0.3, -0.25) is 0 Å². The Bertz CT molecular complexity index is 679. The van der Waals surface area contributed by atoms with Crippen molar-refractivity contribution in [1.82, 2.24) is 0 Å². The van der Waals surface area contributed by atoms with E-state index in [4.69, 9.17) is 9.47 Å². The summed E-state index contributed by atoms with van der Waals surface area (Å²) in [4.78, 5) is 0. The summed E-state index contributed by atoms with van der Waals surface area (Å²) in [5.74, 6) is 0.945. The Morgan fingerprint density at radius 1 is 1.20 bits per heavy atom. The smallest absolute Gasteiger partial charge is 0.187 e. The molecule has 1 aliphatic heterocycles. The average molecular weight is 421 g/mol. The second kappa shape index (κ2) is 9.92. The van der Waals surface area contributed by atoms with Gasteiger partial charge in [0.05, 0.1) is 12.2 Å². The SMILES string of the molecule is C=CC1(C)CCC(/C(C)=C\C=C\C(C)(C)O[C@H]2OC[C@@H](O)[C@@H](O)[C@@H]2O)CC1C(=C)C. The van der Waals surface area contributed by atoms with E-state index >= 15 is 0 Å². The molecule has 1 aliphatic carbocycles.